The van der Waals surface area contributed by atoms with Gasteiger partial charge in [-0.25, -0.2) is 13.2 Å². The van der Waals surface area contributed by atoms with Gasteiger partial charge in [0.25, 0.3) is 10.0 Å². The summed E-state index contributed by atoms with van der Waals surface area (Å²) < 4.78 is 55.5. The molecule has 0 radical (unpaired) electrons. The molecule has 9 nitrogen and oxygen atoms in total. The first kappa shape index (κ1) is 22.6. The van der Waals surface area contributed by atoms with E-state index in [0.717, 1.165) is 9.20 Å². The number of ether oxygens (including phenoxy) is 5. The van der Waals surface area contributed by atoms with Gasteiger partial charge < -0.3 is 23.7 Å². The Morgan fingerprint density at radius 1 is 0.917 bits per heavy atom. The fourth-order valence-electron chi connectivity index (χ4n) is 4.18. The highest BCUT2D eigenvalue weighted by molar-refractivity contribution is 8.08. The molecule has 0 unspecified atom stereocenters. The van der Waals surface area contributed by atoms with E-state index in [1.807, 2.05) is 6.07 Å². The molecule has 0 spiro atoms. The van der Waals surface area contributed by atoms with Gasteiger partial charge in [-0.3, -0.25) is 4.31 Å². The van der Waals surface area contributed by atoms with E-state index >= 15 is 0 Å². The molecule has 3 aliphatic heterocycles. The van der Waals surface area contributed by atoms with E-state index in [1.165, 1.54) is 24.9 Å². The van der Waals surface area contributed by atoms with Crippen LogP contribution in [0.5, 0.6) is 23.0 Å². The molecule has 3 heterocycles. The number of hydrogen-bond acceptors (Lipinski definition) is 9. The van der Waals surface area contributed by atoms with Crippen LogP contribution in [0.25, 0.3) is 4.91 Å². The van der Waals surface area contributed by atoms with E-state index in [4.69, 9.17) is 23.7 Å². The summed E-state index contributed by atoms with van der Waals surface area (Å²) in [5.41, 5.74) is 0.968. The molecule has 36 heavy (non-hydrogen) atoms. The number of fused-ring (bicyclic) bond motifs is 3. The van der Waals surface area contributed by atoms with Gasteiger partial charge in [-0.15, -0.1) is 0 Å². The lowest BCUT2D eigenvalue weighted by Gasteiger charge is -2.32. The maximum Gasteiger partial charge on any atom is 0.356 e. The van der Waals surface area contributed by atoms with E-state index in [1.54, 1.807) is 48.5 Å². The van der Waals surface area contributed by atoms with E-state index in [2.05, 4.69) is 0 Å². The Morgan fingerprint density at radius 2 is 1.58 bits per heavy atom. The van der Waals surface area contributed by atoms with Crippen LogP contribution in [0.1, 0.15) is 11.1 Å². The van der Waals surface area contributed by atoms with Gasteiger partial charge in [-0.2, -0.15) is 0 Å². The van der Waals surface area contributed by atoms with Crippen LogP contribution >= 0.6 is 11.8 Å². The van der Waals surface area contributed by atoms with Crippen LogP contribution in [0.15, 0.2) is 76.2 Å². The molecular formula is C25H19NO8S2. The second kappa shape index (κ2) is 8.68. The molecule has 0 aromatic heterocycles. The number of esters is 1. The Hall–Kier alpha value is -3.83. The van der Waals surface area contributed by atoms with Crippen molar-refractivity contribution in [3.05, 3.63) is 77.5 Å². The third-order valence-corrected chi connectivity index (χ3v) is 8.78. The normalized spacial score (nSPS) is 16.6. The molecule has 0 aliphatic carbocycles. The summed E-state index contributed by atoms with van der Waals surface area (Å²) in [4.78, 5) is 14.4. The smallest absolute Gasteiger partial charge is 0.356 e. The van der Waals surface area contributed by atoms with Crippen LogP contribution in [0.4, 0.5) is 0 Å². The minimum Gasteiger partial charge on any atom is -0.464 e. The van der Waals surface area contributed by atoms with Gasteiger partial charge in [0.15, 0.2) is 28.7 Å². The molecule has 0 saturated heterocycles. The standard InChI is InChI=1S/C25H19NO8S2/c1-30-25(27)23-24(35-16-7-9-19-21(11-16)34-14-32-19)17-4-2-3-5-22(17)36(28,29)26(23)12-15-6-8-18-20(10-15)33-13-31-18/h2-11H,12-14H2,1H3. The Morgan fingerprint density at radius 3 is 2.33 bits per heavy atom. The lowest BCUT2D eigenvalue weighted by molar-refractivity contribution is -0.137. The summed E-state index contributed by atoms with van der Waals surface area (Å²) >= 11 is 1.25. The number of carbonyl (C=O) groups is 1. The largest absolute Gasteiger partial charge is 0.464 e. The minimum atomic E-state index is -4.09. The molecule has 0 fully saturated rings. The summed E-state index contributed by atoms with van der Waals surface area (Å²) in [7, 11) is -2.86. The summed E-state index contributed by atoms with van der Waals surface area (Å²) in [5, 5.41) is 0. The second-order valence-corrected chi connectivity index (χ2v) is 10.9. The SMILES string of the molecule is COC(=O)C1=C(Sc2ccc3c(c2)OCO3)c2ccccc2S(=O)(=O)N1Cc1ccc2c(c1)OCO2. The number of thioether (sulfide) groups is 1. The molecule has 184 valence electrons. The summed E-state index contributed by atoms with van der Waals surface area (Å²) in [6.45, 7) is 0.116. The first-order chi connectivity index (χ1) is 17.5. The summed E-state index contributed by atoms with van der Waals surface area (Å²) in [6.07, 6.45) is 0. The Bertz CT molecular complexity index is 1530. The molecule has 0 amide bonds. The molecule has 3 aromatic carbocycles. The molecule has 3 aliphatic rings. The molecule has 11 heteroatoms. The van der Waals surface area contributed by atoms with Crippen LogP contribution in [0, 0.1) is 0 Å². The van der Waals surface area contributed by atoms with Crippen molar-refractivity contribution in [3.63, 3.8) is 0 Å². The van der Waals surface area contributed by atoms with Crippen molar-refractivity contribution in [2.45, 2.75) is 16.3 Å². The molecular weight excluding hydrogens is 506 g/mol. The summed E-state index contributed by atoms with van der Waals surface area (Å²) in [6, 6.07) is 17.2. The zero-order chi connectivity index (χ0) is 24.9. The molecule has 0 saturated carbocycles. The van der Waals surface area contributed by atoms with Gasteiger partial charge >= 0.3 is 5.97 Å². The maximum absolute atomic E-state index is 13.8. The average Bonchev–Trinajstić information content (AvgIpc) is 3.55. The Kier molecular flexibility index (Phi) is 5.45. The first-order valence-corrected chi connectivity index (χ1v) is 13.1. The Balaban J connectivity index is 1.50. The zero-order valence-corrected chi connectivity index (χ0v) is 20.6. The second-order valence-electron chi connectivity index (χ2n) is 7.98. The fourth-order valence-corrected chi connectivity index (χ4v) is 7.08. The molecule has 0 atom stereocenters. The number of rotatable bonds is 5. The molecule has 0 bridgehead atoms. The summed E-state index contributed by atoms with van der Waals surface area (Å²) in [5.74, 6) is 1.53. The number of methoxy groups -OCH3 is 1. The van der Waals surface area contributed by atoms with Crippen LogP contribution < -0.4 is 18.9 Å². The average molecular weight is 526 g/mol. The van der Waals surface area contributed by atoms with Gasteiger partial charge in [0.1, 0.15) is 0 Å². The van der Waals surface area contributed by atoms with Crippen LogP contribution in [0.2, 0.25) is 0 Å². The van der Waals surface area contributed by atoms with Gasteiger partial charge in [0.2, 0.25) is 13.6 Å². The van der Waals surface area contributed by atoms with E-state index in [9.17, 15) is 13.2 Å². The number of carbonyl (C=O) groups excluding carboxylic acids is 1. The van der Waals surface area contributed by atoms with Crippen molar-refractivity contribution in [1.82, 2.24) is 4.31 Å². The zero-order valence-electron chi connectivity index (χ0n) is 18.9. The maximum atomic E-state index is 13.8. The van der Waals surface area contributed by atoms with Gasteiger partial charge in [0, 0.05) is 10.5 Å². The lowest BCUT2D eigenvalue weighted by atomic mass is 10.1. The quantitative estimate of drug-likeness (QED) is 0.458. The number of benzene rings is 3. The van der Waals surface area contributed by atoms with Crippen molar-refractivity contribution in [3.8, 4) is 23.0 Å². The molecule has 6 rings (SSSR count). The van der Waals surface area contributed by atoms with Crippen LogP contribution in [-0.4, -0.2) is 39.4 Å². The first-order valence-electron chi connectivity index (χ1n) is 10.9. The monoisotopic (exact) mass is 525 g/mol. The predicted molar refractivity (Wildman–Crippen MR) is 129 cm³/mol. The Labute approximate surface area is 211 Å². The van der Waals surface area contributed by atoms with Gasteiger partial charge in [-0.05, 0) is 42.0 Å². The van der Waals surface area contributed by atoms with Crippen LogP contribution in [-0.2, 0) is 26.1 Å². The lowest BCUT2D eigenvalue weighted by Crippen LogP contribution is -2.37. The van der Waals surface area contributed by atoms with Crippen molar-refractivity contribution in [2.24, 2.45) is 0 Å². The molecule has 3 aromatic rings. The van der Waals surface area contributed by atoms with Crippen molar-refractivity contribution < 1.29 is 36.9 Å². The van der Waals surface area contributed by atoms with Gasteiger partial charge in [0.05, 0.1) is 23.5 Å². The van der Waals surface area contributed by atoms with Crippen LogP contribution in [0.3, 0.4) is 0 Å². The highest BCUT2D eigenvalue weighted by atomic mass is 32.2. The van der Waals surface area contributed by atoms with E-state index < -0.39 is 16.0 Å². The fraction of sp³-hybridized carbons (Fsp3) is 0.160. The van der Waals surface area contributed by atoms with Crippen molar-refractivity contribution >= 4 is 32.7 Å². The van der Waals surface area contributed by atoms with Crippen molar-refractivity contribution in [1.29, 1.82) is 0 Å². The van der Waals surface area contributed by atoms with Crippen molar-refractivity contribution in [2.75, 3.05) is 20.7 Å². The number of hydrogen-bond donors (Lipinski definition) is 0. The highest BCUT2D eigenvalue weighted by Crippen LogP contribution is 2.48. The minimum absolute atomic E-state index is 0.0727. The topological polar surface area (TPSA) is 101 Å². The number of nitrogens with zero attached hydrogens (tertiary/aromatic N) is 1. The highest BCUT2D eigenvalue weighted by Gasteiger charge is 2.41. The molecule has 0 N–H and O–H groups in total. The number of sulfonamides is 1. The van der Waals surface area contributed by atoms with E-state index in [0.29, 0.717) is 39.0 Å². The third-order valence-electron chi connectivity index (χ3n) is 5.87. The predicted octanol–water partition coefficient (Wildman–Crippen LogP) is 3.98. The van der Waals surface area contributed by atoms with E-state index in [-0.39, 0.29) is 30.7 Å². The van der Waals surface area contributed by atoms with Gasteiger partial charge in [-0.1, -0.05) is 36.0 Å². The third kappa shape index (κ3) is 3.71.